The maximum Gasteiger partial charge on any atom is 0.0211 e. The molecule has 0 aliphatic heterocycles. The fourth-order valence-electron chi connectivity index (χ4n) is 2.27. The van der Waals surface area contributed by atoms with Crippen molar-refractivity contribution in [1.82, 2.24) is 4.90 Å². The van der Waals surface area contributed by atoms with Gasteiger partial charge in [-0.2, -0.15) is 0 Å². The largest absolute Gasteiger partial charge is 0.295 e. The molecule has 0 radical (unpaired) electrons. The molecule has 0 bridgehead atoms. The van der Waals surface area contributed by atoms with Gasteiger partial charge in [-0.15, -0.1) is 0 Å². The van der Waals surface area contributed by atoms with Gasteiger partial charge in [-0.3, -0.25) is 4.90 Å². The van der Waals surface area contributed by atoms with Crippen molar-refractivity contribution < 1.29 is 0 Å². The zero-order valence-electron chi connectivity index (χ0n) is 9.06. The highest BCUT2D eigenvalue weighted by atomic mass is 15.2. The monoisotopic (exact) mass is 169 g/mol. The fraction of sp³-hybridized carbons (Fsp3) is 1.00. The van der Waals surface area contributed by atoms with Crippen molar-refractivity contribution in [3.63, 3.8) is 0 Å². The molecule has 0 saturated heterocycles. The molecule has 1 heteroatoms. The molecule has 0 amide bonds. The molecule has 1 aliphatic rings. The van der Waals surface area contributed by atoms with Crippen molar-refractivity contribution in [3.05, 3.63) is 0 Å². The summed E-state index contributed by atoms with van der Waals surface area (Å²) in [5.74, 6) is 0. The zero-order chi connectivity index (χ0) is 9.19. The first kappa shape index (κ1) is 10.0. The van der Waals surface area contributed by atoms with Crippen LogP contribution >= 0.6 is 0 Å². The highest BCUT2D eigenvalue weighted by Gasteiger charge is 2.46. The molecule has 1 rings (SSSR count). The van der Waals surface area contributed by atoms with E-state index >= 15 is 0 Å². The Morgan fingerprint density at radius 3 is 2.08 bits per heavy atom. The molecule has 1 saturated carbocycles. The predicted octanol–water partition coefficient (Wildman–Crippen LogP) is 3.05. The Bertz CT molecular complexity index is 136. The maximum atomic E-state index is 2.70. The van der Waals surface area contributed by atoms with Crippen LogP contribution in [0.25, 0.3) is 0 Å². The van der Waals surface area contributed by atoms with Gasteiger partial charge in [-0.1, -0.05) is 13.8 Å². The molecule has 0 unspecified atom stereocenters. The van der Waals surface area contributed by atoms with Crippen LogP contribution in [0.15, 0.2) is 0 Å². The lowest BCUT2D eigenvalue weighted by Gasteiger charge is -2.34. The van der Waals surface area contributed by atoms with Crippen LogP contribution in [0, 0.1) is 0 Å². The minimum atomic E-state index is 0.615. The summed E-state index contributed by atoms with van der Waals surface area (Å²) < 4.78 is 0. The first-order chi connectivity index (χ1) is 5.66. The third kappa shape index (κ3) is 1.82. The highest BCUT2D eigenvalue weighted by Crippen LogP contribution is 2.45. The lowest BCUT2D eigenvalue weighted by Crippen LogP contribution is -2.42. The van der Waals surface area contributed by atoms with Gasteiger partial charge >= 0.3 is 0 Å². The molecule has 0 heterocycles. The Morgan fingerprint density at radius 2 is 1.83 bits per heavy atom. The second kappa shape index (κ2) is 3.78. The molecule has 0 aromatic rings. The van der Waals surface area contributed by atoms with E-state index in [0.717, 1.165) is 6.04 Å². The molecule has 0 aromatic carbocycles. The molecular formula is C11H23N. The Balaban J connectivity index is 2.53. The smallest absolute Gasteiger partial charge is 0.0211 e. The molecule has 0 spiro atoms. The van der Waals surface area contributed by atoms with Crippen molar-refractivity contribution in [3.8, 4) is 0 Å². The van der Waals surface area contributed by atoms with E-state index in [9.17, 15) is 0 Å². The topological polar surface area (TPSA) is 3.24 Å². The number of hydrogen-bond acceptors (Lipinski definition) is 1. The van der Waals surface area contributed by atoms with E-state index in [2.05, 4.69) is 32.6 Å². The average molecular weight is 169 g/mol. The van der Waals surface area contributed by atoms with Gasteiger partial charge < -0.3 is 0 Å². The molecule has 1 nitrogen and oxygen atoms in total. The molecule has 0 atom stereocenters. The normalized spacial score (nSPS) is 20.5. The van der Waals surface area contributed by atoms with Gasteiger partial charge in [-0.25, -0.2) is 0 Å². The van der Waals surface area contributed by atoms with E-state index in [0.29, 0.717) is 5.54 Å². The summed E-state index contributed by atoms with van der Waals surface area (Å²) >= 11 is 0. The molecule has 0 aromatic heterocycles. The van der Waals surface area contributed by atoms with Gasteiger partial charge in [0.25, 0.3) is 0 Å². The summed E-state index contributed by atoms with van der Waals surface area (Å²) in [7, 11) is 0. The first-order valence-electron chi connectivity index (χ1n) is 5.43. The second-order valence-electron chi connectivity index (χ2n) is 4.37. The Labute approximate surface area is 77.1 Å². The quantitative estimate of drug-likeness (QED) is 0.611. The van der Waals surface area contributed by atoms with Crippen molar-refractivity contribution in [2.45, 2.75) is 65.0 Å². The average Bonchev–Trinajstić information content (AvgIpc) is 2.80. The minimum Gasteiger partial charge on any atom is -0.295 e. The van der Waals surface area contributed by atoms with E-state index in [-0.39, 0.29) is 0 Å². The summed E-state index contributed by atoms with van der Waals surface area (Å²) in [6.07, 6.45) is 5.49. The number of hydrogen-bond donors (Lipinski definition) is 0. The van der Waals surface area contributed by atoms with Gasteiger partial charge in [0.2, 0.25) is 0 Å². The summed E-state index contributed by atoms with van der Waals surface area (Å²) in [5.41, 5.74) is 0.615. The molecule has 12 heavy (non-hydrogen) atoms. The van der Waals surface area contributed by atoms with Crippen LogP contribution in [0.3, 0.4) is 0 Å². The molecule has 1 aliphatic carbocycles. The molecule has 1 fully saturated rings. The lowest BCUT2D eigenvalue weighted by atomic mass is 10.1. The van der Waals surface area contributed by atoms with Gasteiger partial charge in [0, 0.05) is 11.6 Å². The minimum absolute atomic E-state index is 0.615. The lowest BCUT2D eigenvalue weighted by molar-refractivity contribution is 0.130. The standard InChI is InChI=1S/C11H23N/c1-5-9-12(10(3)4)11(6-2)7-8-11/h10H,5-9H2,1-4H3. The maximum absolute atomic E-state index is 2.70. The number of nitrogens with zero attached hydrogens (tertiary/aromatic N) is 1. The van der Waals surface area contributed by atoms with Gasteiger partial charge in [0.15, 0.2) is 0 Å². The Morgan fingerprint density at radius 1 is 1.25 bits per heavy atom. The van der Waals surface area contributed by atoms with Crippen LogP contribution in [0.1, 0.15) is 53.4 Å². The van der Waals surface area contributed by atoms with E-state index in [1.807, 2.05) is 0 Å². The van der Waals surface area contributed by atoms with E-state index in [4.69, 9.17) is 0 Å². The van der Waals surface area contributed by atoms with Crippen molar-refractivity contribution in [2.75, 3.05) is 6.54 Å². The van der Waals surface area contributed by atoms with Crippen LogP contribution in [-0.2, 0) is 0 Å². The summed E-state index contributed by atoms with van der Waals surface area (Å²) in [4.78, 5) is 2.70. The van der Waals surface area contributed by atoms with Crippen molar-refractivity contribution in [2.24, 2.45) is 0 Å². The van der Waals surface area contributed by atoms with Gasteiger partial charge in [0.05, 0.1) is 0 Å². The summed E-state index contributed by atoms with van der Waals surface area (Å²) in [6.45, 7) is 10.5. The van der Waals surface area contributed by atoms with E-state index in [1.165, 1.54) is 32.2 Å². The third-order valence-corrected chi connectivity index (χ3v) is 3.18. The van der Waals surface area contributed by atoms with Gasteiger partial charge in [0.1, 0.15) is 0 Å². The highest BCUT2D eigenvalue weighted by molar-refractivity contribution is 5.03. The predicted molar refractivity (Wildman–Crippen MR) is 54.4 cm³/mol. The zero-order valence-corrected chi connectivity index (χ0v) is 9.06. The Hall–Kier alpha value is -0.0400. The fourth-order valence-corrected chi connectivity index (χ4v) is 2.27. The van der Waals surface area contributed by atoms with Crippen LogP contribution in [0.5, 0.6) is 0 Å². The molecular weight excluding hydrogens is 146 g/mol. The van der Waals surface area contributed by atoms with Crippen LogP contribution in [-0.4, -0.2) is 23.0 Å². The van der Waals surface area contributed by atoms with E-state index < -0.39 is 0 Å². The Kier molecular flexibility index (Phi) is 3.16. The van der Waals surface area contributed by atoms with E-state index in [1.54, 1.807) is 0 Å². The van der Waals surface area contributed by atoms with Crippen LogP contribution in [0.2, 0.25) is 0 Å². The summed E-state index contributed by atoms with van der Waals surface area (Å²) in [6, 6.07) is 0.729. The SMILES string of the molecule is CCCN(C(C)C)C1(CC)CC1. The van der Waals surface area contributed by atoms with Crippen molar-refractivity contribution in [1.29, 1.82) is 0 Å². The first-order valence-corrected chi connectivity index (χ1v) is 5.43. The van der Waals surface area contributed by atoms with Crippen LogP contribution in [0.4, 0.5) is 0 Å². The summed E-state index contributed by atoms with van der Waals surface area (Å²) in [5, 5.41) is 0. The van der Waals surface area contributed by atoms with Gasteiger partial charge in [-0.05, 0) is 46.1 Å². The molecule has 72 valence electrons. The number of rotatable bonds is 5. The second-order valence-corrected chi connectivity index (χ2v) is 4.37. The van der Waals surface area contributed by atoms with Crippen LogP contribution < -0.4 is 0 Å². The van der Waals surface area contributed by atoms with Crippen molar-refractivity contribution >= 4 is 0 Å². The molecule has 0 N–H and O–H groups in total. The third-order valence-electron chi connectivity index (χ3n) is 3.18.